The lowest BCUT2D eigenvalue weighted by molar-refractivity contribution is 0.0363. The maximum atomic E-state index is 13.1. The number of carbonyl (C=O) groups is 1. The van der Waals surface area contributed by atoms with E-state index in [1.54, 1.807) is 10.8 Å². The quantitative estimate of drug-likeness (QED) is 0.892. The first-order valence-corrected chi connectivity index (χ1v) is 8.08. The normalized spacial score (nSPS) is 15.2. The number of ether oxygens (including phenoxy) is 1. The van der Waals surface area contributed by atoms with E-state index in [1.165, 1.54) is 30.5 Å². The number of morpholine rings is 1. The number of aromatic nitrogens is 1. The average Bonchev–Trinajstić information content (AvgIpc) is 2.62. The number of hydrogen-bond acceptors (Lipinski definition) is 4. The highest BCUT2D eigenvalue weighted by Gasteiger charge is 2.16. The predicted octanol–water partition coefficient (Wildman–Crippen LogP) is 1.68. The number of halogens is 1. The molecule has 25 heavy (non-hydrogen) atoms. The maximum absolute atomic E-state index is 13.1. The summed E-state index contributed by atoms with van der Waals surface area (Å²) < 4.78 is 20.1. The van der Waals surface area contributed by atoms with Gasteiger partial charge in [0.25, 0.3) is 0 Å². The van der Waals surface area contributed by atoms with E-state index in [0.717, 1.165) is 19.6 Å². The third-order valence-electron chi connectivity index (χ3n) is 4.24. The van der Waals surface area contributed by atoms with E-state index in [-0.39, 0.29) is 11.1 Å². The number of carboxylic acids is 1. The largest absolute Gasteiger partial charge is 0.477 e. The molecule has 6 nitrogen and oxygen atoms in total. The first-order valence-electron chi connectivity index (χ1n) is 8.08. The molecule has 0 spiro atoms. The molecule has 0 aliphatic carbocycles. The van der Waals surface area contributed by atoms with Crippen LogP contribution in [0.4, 0.5) is 4.39 Å². The number of pyridine rings is 1. The number of nitrogens with zero attached hydrogens (tertiary/aromatic N) is 2. The summed E-state index contributed by atoms with van der Waals surface area (Å²) >= 11 is 0. The fourth-order valence-electron chi connectivity index (χ4n) is 2.83. The van der Waals surface area contributed by atoms with Gasteiger partial charge in [-0.2, -0.15) is 0 Å². The molecule has 0 saturated carbocycles. The summed E-state index contributed by atoms with van der Waals surface area (Å²) in [5.41, 5.74) is -0.109. The summed E-state index contributed by atoms with van der Waals surface area (Å²) in [5.74, 6) is -1.68. The number of aromatic carboxylic acids is 1. The lowest BCUT2D eigenvalue weighted by Crippen LogP contribution is -2.38. The van der Waals surface area contributed by atoms with Crippen LogP contribution < -0.4 is 5.43 Å². The molecule has 1 fully saturated rings. The Morgan fingerprint density at radius 2 is 1.80 bits per heavy atom. The molecule has 1 aliphatic heterocycles. The van der Waals surface area contributed by atoms with Gasteiger partial charge in [-0.05, 0) is 17.7 Å². The summed E-state index contributed by atoms with van der Waals surface area (Å²) in [6.45, 7) is 4.31. The van der Waals surface area contributed by atoms with Crippen molar-refractivity contribution in [1.29, 1.82) is 0 Å². The highest BCUT2D eigenvalue weighted by molar-refractivity contribution is 5.88. The summed E-state index contributed by atoms with van der Waals surface area (Å²) in [6.07, 6.45) is 2.99. The summed E-state index contributed by atoms with van der Waals surface area (Å²) in [7, 11) is 0. The zero-order valence-corrected chi connectivity index (χ0v) is 13.7. The molecule has 0 amide bonds. The van der Waals surface area contributed by atoms with Crippen LogP contribution in [0.25, 0.3) is 11.1 Å². The van der Waals surface area contributed by atoms with E-state index >= 15 is 0 Å². The van der Waals surface area contributed by atoms with Crippen molar-refractivity contribution < 1.29 is 19.0 Å². The van der Waals surface area contributed by atoms with Crippen molar-refractivity contribution >= 4 is 5.97 Å². The van der Waals surface area contributed by atoms with Gasteiger partial charge in [-0.15, -0.1) is 0 Å². The third kappa shape index (κ3) is 4.12. The highest BCUT2D eigenvalue weighted by atomic mass is 19.1. The summed E-state index contributed by atoms with van der Waals surface area (Å²) in [6, 6.07) is 5.45. The standard InChI is InChI=1S/C18H19FN2O4/c19-14-3-1-13(2-4-14)15-11-21(12-16(17(15)22)18(23)24)6-5-20-7-9-25-10-8-20/h1-4,11-12H,5-10H2,(H,23,24). The Labute approximate surface area is 144 Å². The smallest absolute Gasteiger partial charge is 0.341 e. The van der Waals surface area contributed by atoms with Crippen LogP contribution in [-0.4, -0.2) is 53.4 Å². The van der Waals surface area contributed by atoms with Crippen molar-refractivity contribution in [3.8, 4) is 11.1 Å². The minimum Gasteiger partial charge on any atom is -0.477 e. The van der Waals surface area contributed by atoms with Crippen molar-refractivity contribution in [2.45, 2.75) is 6.54 Å². The first kappa shape index (κ1) is 17.3. The number of rotatable bonds is 5. The van der Waals surface area contributed by atoms with Gasteiger partial charge in [0, 0.05) is 44.1 Å². The molecule has 1 aromatic carbocycles. The first-order chi connectivity index (χ1) is 12.0. The van der Waals surface area contributed by atoms with Crippen molar-refractivity contribution in [3.63, 3.8) is 0 Å². The van der Waals surface area contributed by atoms with E-state index in [0.29, 0.717) is 25.3 Å². The fourth-order valence-corrected chi connectivity index (χ4v) is 2.83. The zero-order chi connectivity index (χ0) is 17.8. The molecule has 0 unspecified atom stereocenters. The Morgan fingerprint density at radius 3 is 2.44 bits per heavy atom. The van der Waals surface area contributed by atoms with Gasteiger partial charge in [0.05, 0.1) is 13.2 Å². The Balaban J connectivity index is 1.91. The van der Waals surface area contributed by atoms with Crippen LogP contribution >= 0.6 is 0 Å². The second-order valence-corrected chi connectivity index (χ2v) is 5.92. The number of benzene rings is 1. The van der Waals surface area contributed by atoms with Crippen LogP contribution in [0.2, 0.25) is 0 Å². The summed E-state index contributed by atoms with van der Waals surface area (Å²) in [4.78, 5) is 26.1. The van der Waals surface area contributed by atoms with E-state index in [2.05, 4.69) is 4.90 Å². The fraction of sp³-hybridized carbons (Fsp3) is 0.333. The van der Waals surface area contributed by atoms with Gasteiger partial charge >= 0.3 is 5.97 Å². The lowest BCUT2D eigenvalue weighted by atomic mass is 10.0. The zero-order valence-electron chi connectivity index (χ0n) is 13.7. The van der Waals surface area contributed by atoms with Gasteiger partial charge in [-0.1, -0.05) is 12.1 Å². The van der Waals surface area contributed by atoms with E-state index in [1.807, 2.05) is 0 Å². The second-order valence-electron chi connectivity index (χ2n) is 5.92. The molecule has 1 N–H and O–H groups in total. The van der Waals surface area contributed by atoms with Crippen molar-refractivity contribution in [1.82, 2.24) is 9.47 Å². The van der Waals surface area contributed by atoms with Crippen LogP contribution in [0.1, 0.15) is 10.4 Å². The van der Waals surface area contributed by atoms with Crippen molar-refractivity contribution in [2.24, 2.45) is 0 Å². The average molecular weight is 346 g/mol. The molecule has 2 aromatic rings. The van der Waals surface area contributed by atoms with Crippen LogP contribution in [0.3, 0.4) is 0 Å². The summed E-state index contributed by atoms with van der Waals surface area (Å²) in [5, 5.41) is 9.32. The van der Waals surface area contributed by atoms with E-state index in [4.69, 9.17) is 4.74 Å². The van der Waals surface area contributed by atoms with Gasteiger partial charge in [-0.3, -0.25) is 9.69 Å². The Hall–Kier alpha value is -2.51. The Morgan fingerprint density at radius 1 is 1.12 bits per heavy atom. The lowest BCUT2D eigenvalue weighted by Gasteiger charge is -2.27. The minimum atomic E-state index is -1.27. The highest BCUT2D eigenvalue weighted by Crippen LogP contribution is 2.17. The van der Waals surface area contributed by atoms with Crippen LogP contribution in [0.5, 0.6) is 0 Å². The molecule has 3 rings (SSSR count). The topological polar surface area (TPSA) is 71.8 Å². The molecular weight excluding hydrogens is 327 g/mol. The number of hydrogen-bond donors (Lipinski definition) is 1. The monoisotopic (exact) mass is 346 g/mol. The molecule has 1 aliphatic rings. The van der Waals surface area contributed by atoms with E-state index in [9.17, 15) is 19.1 Å². The van der Waals surface area contributed by atoms with Gasteiger partial charge in [0.15, 0.2) is 0 Å². The molecule has 1 saturated heterocycles. The number of carboxylic acid groups (broad SMARTS) is 1. The van der Waals surface area contributed by atoms with Crippen molar-refractivity contribution in [2.75, 3.05) is 32.8 Å². The van der Waals surface area contributed by atoms with Crippen LogP contribution in [-0.2, 0) is 11.3 Å². The van der Waals surface area contributed by atoms with Crippen molar-refractivity contribution in [3.05, 3.63) is 58.3 Å². The van der Waals surface area contributed by atoms with Crippen LogP contribution in [0.15, 0.2) is 41.5 Å². The second kappa shape index (κ2) is 7.58. The maximum Gasteiger partial charge on any atom is 0.341 e. The molecule has 0 atom stereocenters. The minimum absolute atomic E-state index is 0.252. The van der Waals surface area contributed by atoms with Gasteiger partial charge < -0.3 is 14.4 Å². The van der Waals surface area contributed by atoms with E-state index < -0.39 is 17.2 Å². The van der Waals surface area contributed by atoms with Gasteiger partial charge in [0.2, 0.25) is 5.43 Å². The molecule has 132 valence electrons. The molecule has 2 heterocycles. The molecule has 7 heteroatoms. The molecule has 0 bridgehead atoms. The van der Waals surface area contributed by atoms with Crippen LogP contribution in [0, 0.1) is 5.82 Å². The SMILES string of the molecule is O=C(O)c1cn(CCN2CCOCC2)cc(-c2ccc(F)cc2)c1=O. The molecule has 1 aromatic heterocycles. The molecule has 0 radical (unpaired) electrons. The Kier molecular flexibility index (Phi) is 5.25. The van der Waals surface area contributed by atoms with Gasteiger partial charge in [0.1, 0.15) is 11.4 Å². The van der Waals surface area contributed by atoms with Gasteiger partial charge in [-0.25, -0.2) is 9.18 Å². The third-order valence-corrected chi connectivity index (χ3v) is 4.24. The Bertz CT molecular complexity index is 811. The predicted molar refractivity (Wildman–Crippen MR) is 90.3 cm³/mol. The molecular formula is C18H19FN2O4.